The van der Waals surface area contributed by atoms with Gasteiger partial charge in [-0.3, -0.25) is 9.59 Å². The van der Waals surface area contributed by atoms with Crippen molar-refractivity contribution in [3.63, 3.8) is 0 Å². The van der Waals surface area contributed by atoms with Gasteiger partial charge in [0.15, 0.2) is 0 Å². The van der Waals surface area contributed by atoms with Crippen LogP contribution in [0.15, 0.2) is 182 Å². The fourth-order valence-corrected chi connectivity index (χ4v) is 14.7. The number of primary amides is 2. The molecule has 1 fully saturated rings. The third kappa shape index (κ3) is 7.02. The first-order chi connectivity index (χ1) is 28.5. The van der Waals surface area contributed by atoms with Gasteiger partial charge in [0.2, 0.25) is 11.8 Å². The lowest BCUT2D eigenvalue weighted by atomic mass is 9.71. The summed E-state index contributed by atoms with van der Waals surface area (Å²) in [7, 11) is -2.43. The van der Waals surface area contributed by atoms with Crippen LogP contribution in [-0.4, -0.2) is 11.8 Å². The smallest absolute Gasteiger partial charge is 0.250 e. The van der Waals surface area contributed by atoms with E-state index >= 15 is 0 Å². The van der Waals surface area contributed by atoms with Crippen molar-refractivity contribution in [1.29, 1.82) is 0 Å². The summed E-state index contributed by atoms with van der Waals surface area (Å²) in [5.74, 6) is -0.793. The van der Waals surface area contributed by atoms with Gasteiger partial charge in [-0.25, -0.2) is 0 Å². The first-order valence-corrected chi connectivity index (χ1v) is 22.7. The number of amides is 2. The molecule has 1 aliphatic rings. The summed E-state index contributed by atoms with van der Waals surface area (Å²) >= 11 is 0. The van der Waals surface area contributed by atoms with Crippen LogP contribution in [0.5, 0.6) is 0 Å². The molecule has 2 atom stereocenters. The normalized spacial score (nSPS) is 15.6. The van der Waals surface area contributed by atoms with Crippen LogP contribution in [0.3, 0.4) is 0 Å². The van der Waals surface area contributed by atoms with Crippen LogP contribution in [0.25, 0.3) is 21.5 Å². The molecule has 0 spiro atoms. The van der Waals surface area contributed by atoms with Crippen LogP contribution in [0.2, 0.25) is 0 Å². The van der Waals surface area contributed by atoms with E-state index in [1.165, 1.54) is 11.1 Å². The molecule has 6 heteroatoms. The number of nitrogens with two attached hydrogens (primary N) is 2. The predicted octanol–water partition coefficient (Wildman–Crippen LogP) is 9.15. The van der Waals surface area contributed by atoms with E-state index in [-0.39, 0.29) is 11.8 Å². The highest BCUT2D eigenvalue weighted by Gasteiger charge is 2.38. The Labute approximate surface area is 342 Å². The first-order valence-electron chi connectivity index (χ1n) is 20.0. The maximum atomic E-state index is 14.1. The lowest BCUT2D eigenvalue weighted by molar-refractivity contribution is 0.0994. The molecule has 284 valence electrons. The fraction of sp³-hybridized carbons (Fsp3) is 0.115. The van der Waals surface area contributed by atoms with E-state index in [1.807, 2.05) is 60.7 Å². The number of carbonyl (C=O) groups excluding carboxylic acids is 2. The van der Waals surface area contributed by atoms with E-state index in [0.717, 1.165) is 79.1 Å². The molecule has 4 N–H and O–H groups in total. The maximum Gasteiger partial charge on any atom is 0.250 e. The zero-order valence-corrected chi connectivity index (χ0v) is 34.0. The number of hydrogen-bond acceptors (Lipinski definition) is 2. The number of hydrogen-bond donors (Lipinski definition) is 2. The fourth-order valence-electron chi connectivity index (χ4n) is 9.26. The van der Waals surface area contributed by atoms with Crippen LogP contribution in [0.1, 0.15) is 69.4 Å². The molecule has 58 heavy (non-hydrogen) atoms. The summed E-state index contributed by atoms with van der Waals surface area (Å²) in [5.41, 5.74) is 16.6. The van der Waals surface area contributed by atoms with Crippen LogP contribution in [0, 0.1) is 0 Å². The highest BCUT2D eigenvalue weighted by molar-refractivity contribution is 7.80. The van der Waals surface area contributed by atoms with Gasteiger partial charge >= 0.3 is 0 Å². The van der Waals surface area contributed by atoms with Crippen LogP contribution >= 0.6 is 15.8 Å². The molecule has 1 aliphatic carbocycles. The molecule has 0 unspecified atom stereocenters. The summed E-state index contributed by atoms with van der Waals surface area (Å²) < 4.78 is 0. The van der Waals surface area contributed by atoms with Crippen molar-refractivity contribution in [2.75, 3.05) is 0 Å². The molecule has 4 nitrogen and oxygen atoms in total. The minimum absolute atomic E-state index is 0.0212. The van der Waals surface area contributed by atoms with Gasteiger partial charge in [0.25, 0.3) is 0 Å². The minimum Gasteiger partial charge on any atom is -0.366 e. The minimum atomic E-state index is -1.21. The molecule has 1 saturated carbocycles. The molecular weight excluding hydrogens is 747 g/mol. The largest absolute Gasteiger partial charge is 0.366 e. The Kier molecular flexibility index (Phi) is 10.7. The van der Waals surface area contributed by atoms with E-state index in [1.54, 1.807) is 0 Å². The zero-order valence-electron chi connectivity index (χ0n) is 32.2. The molecule has 8 aromatic carbocycles. The predicted molar refractivity (Wildman–Crippen MR) is 246 cm³/mol. The van der Waals surface area contributed by atoms with Crippen molar-refractivity contribution in [1.82, 2.24) is 0 Å². The molecule has 0 bridgehead atoms. The standard InChI is InChI=1S/C52H44N2O2P2/c53-51(55)47-41-29-15-13-19-35(41)33-45(49(47)57(37-21-5-1-6-22-37)38-23-7-2-8-24-38)43-31-17-18-32-44(43)46-34-36-20-14-16-30-42(36)48(52(54)56)50(46)58(39-25-9-3-10-26-39)40-27-11-4-12-28-40/h1-16,19-30,33-34,43-44H,17-18,31-32H2,(H2,53,55)(H2,54,56)/t43-,44-/m0/s1. The van der Waals surface area contributed by atoms with Crippen molar-refractivity contribution in [2.24, 2.45) is 11.5 Å². The van der Waals surface area contributed by atoms with Crippen molar-refractivity contribution >= 4 is 81.0 Å². The molecule has 0 radical (unpaired) electrons. The van der Waals surface area contributed by atoms with E-state index < -0.39 is 27.7 Å². The number of rotatable bonds is 10. The highest BCUT2D eigenvalue weighted by atomic mass is 31.1. The van der Waals surface area contributed by atoms with E-state index in [2.05, 4.69) is 121 Å². The van der Waals surface area contributed by atoms with Crippen molar-refractivity contribution in [2.45, 2.75) is 37.5 Å². The van der Waals surface area contributed by atoms with E-state index in [4.69, 9.17) is 11.5 Å². The molecule has 0 heterocycles. The first kappa shape index (κ1) is 37.6. The maximum absolute atomic E-state index is 14.1. The lowest BCUT2D eigenvalue weighted by Crippen LogP contribution is -2.35. The monoisotopic (exact) mass is 790 g/mol. The Morgan fingerprint density at radius 3 is 1.02 bits per heavy atom. The molecule has 0 aromatic heterocycles. The molecule has 8 aromatic rings. The molecular formula is C52H44N2O2P2. The number of benzene rings is 8. The van der Waals surface area contributed by atoms with Crippen molar-refractivity contribution in [3.05, 3.63) is 204 Å². The Morgan fingerprint density at radius 1 is 0.414 bits per heavy atom. The second-order valence-electron chi connectivity index (χ2n) is 15.1. The van der Waals surface area contributed by atoms with Gasteiger partial charge in [-0.2, -0.15) is 0 Å². The van der Waals surface area contributed by atoms with Crippen molar-refractivity contribution in [3.8, 4) is 0 Å². The SMILES string of the molecule is NC(=O)c1c(P(c2ccccc2)c2ccccc2)c([C@H]2CCCC[C@@H]2c2cc3ccccc3c(C(N)=O)c2P(c2ccccc2)c2ccccc2)cc2ccccc12. The van der Waals surface area contributed by atoms with Gasteiger partial charge in [0, 0.05) is 10.6 Å². The number of fused-ring (bicyclic) bond motifs is 2. The quantitative estimate of drug-likeness (QED) is 0.136. The molecule has 9 rings (SSSR count). The summed E-state index contributed by atoms with van der Waals surface area (Å²) in [6.45, 7) is 0. The summed E-state index contributed by atoms with van der Waals surface area (Å²) in [6, 6.07) is 63.5. The Balaban J connectivity index is 1.38. The molecule has 2 amide bonds. The average Bonchev–Trinajstić information content (AvgIpc) is 3.27. The third-order valence-electron chi connectivity index (χ3n) is 11.7. The summed E-state index contributed by atoms with van der Waals surface area (Å²) in [6.07, 6.45) is 3.94. The van der Waals surface area contributed by atoms with Crippen molar-refractivity contribution < 1.29 is 9.59 Å². The van der Waals surface area contributed by atoms with E-state index in [0.29, 0.717) is 11.1 Å². The molecule has 0 saturated heterocycles. The van der Waals surface area contributed by atoms with Gasteiger partial charge < -0.3 is 11.5 Å². The van der Waals surface area contributed by atoms with Crippen LogP contribution in [0.4, 0.5) is 0 Å². The van der Waals surface area contributed by atoms with Gasteiger partial charge in [0.05, 0.1) is 11.1 Å². The van der Waals surface area contributed by atoms with Gasteiger partial charge in [-0.05, 0) is 94.4 Å². The lowest BCUT2D eigenvalue weighted by Gasteiger charge is -2.38. The van der Waals surface area contributed by atoms with Crippen LogP contribution in [-0.2, 0) is 0 Å². The second kappa shape index (κ2) is 16.5. The van der Waals surface area contributed by atoms with Gasteiger partial charge in [-0.15, -0.1) is 0 Å². The summed E-state index contributed by atoms with van der Waals surface area (Å²) in [5, 5.41) is 10.5. The topological polar surface area (TPSA) is 86.2 Å². The zero-order chi connectivity index (χ0) is 39.6. The average molecular weight is 791 g/mol. The Hall–Kier alpha value is -5.92. The second-order valence-corrected chi connectivity index (χ2v) is 19.4. The van der Waals surface area contributed by atoms with E-state index in [9.17, 15) is 9.59 Å². The van der Waals surface area contributed by atoms with Crippen LogP contribution < -0.4 is 43.3 Å². The van der Waals surface area contributed by atoms with Gasteiger partial charge in [-0.1, -0.05) is 195 Å². The highest BCUT2D eigenvalue weighted by Crippen LogP contribution is 2.51. The Bertz CT molecular complexity index is 2490. The van der Waals surface area contributed by atoms with Gasteiger partial charge in [0.1, 0.15) is 0 Å². The summed E-state index contributed by atoms with van der Waals surface area (Å²) in [4.78, 5) is 28.2. The number of carbonyl (C=O) groups is 2. The Morgan fingerprint density at radius 2 is 0.707 bits per heavy atom. The third-order valence-corrected chi connectivity index (χ3v) is 16.8. The molecule has 0 aliphatic heterocycles.